The number of aliphatic imine (C=N–C) groups is 1. The third-order valence-corrected chi connectivity index (χ3v) is 2.60. The lowest BCUT2D eigenvalue weighted by Crippen LogP contribution is -2.47. The van der Waals surface area contributed by atoms with Crippen molar-refractivity contribution < 1.29 is 0 Å². The van der Waals surface area contributed by atoms with E-state index in [4.69, 9.17) is 0 Å². The topological polar surface area (TPSA) is 36.4 Å². The average Bonchev–Trinajstić information content (AvgIpc) is 2.62. The summed E-state index contributed by atoms with van der Waals surface area (Å²) in [6.07, 6.45) is 0. The van der Waals surface area contributed by atoms with E-state index >= 15 is 0 Å². The molecule has 0 unspecified atom stereocenters. The molecule has 0 atom stereocenters. The fourth-order valence-electron chi connectivity index (χ4n) is 1.12. The maximum absolute atomic E-state index is 4.17. The van der Waals surface area contributed by atoms with Crippen LogP contribution in [-0.2, 0) is 6.54 Å². The van der Waals surface area contributed by atoms with E-state index in [1.54, 1.807) is 18.4 Å². The lowest BCUT2D eigenvalue weighted by molar-refractivity contribution is 0.501. The first-order valence-corrected chi connectivity index (χ1v) is 5.90. The van der Waals surface area contributed by atoms with Gasteiger partial charge in [-0.1, -0.05) is 6.07 Å². The Morgan fingerprint density at radius 3 is 2.56 bits per heavy atom. The molecule has 0 saturated carbocycles. The van der Waals surface area contributed by atoms with Crippen LogP contribution in [0.1, 0.15) is 25.6 Å². The molecule has 1 rings (SSSR count). The molecule has 2 N–H and O–H groups in total. The Balaban J connectivity index is 0.00000225. The van der Waals surface area contributed by atoms with E-state index in [0.29, 0.717) is 0 Å². The molecule has 1 aromatic rings. The van der Waals surface area contributed by atoms with E-state index in [9.17, 15) is 0 Å². The Labute approximate surface area is 119 Å². The van der Waals surface area contributed by atoms with Gasteiger partial charge in [0.2, 0.25) is 0 Å². The molecule has 0 fully saturated rings. The number of hydrogen-bond donors (Lipinski definition) is 2. The van der Waals surface area contributed by atoms with Crippen LogP contribution < -0.4 is 10.6 Å². The monoisotopic (exact) mass is 353 g/mol. The van der Waals surface area contributed by atoms with Crippen molar-refractivity contribution in [1.29, 1.82) is 0 Å². The number of halogens is 1. The van der Waals surface area contributed by atoms with Gasteiger partial charge in [0.05, 0.1) is 6.54 Å². The first-order chi connectivity index (χ1) is 7.01. The SMILES string of the molecule is CN=C(NCc1cccs1)NC(C)(C)C.I. The molecule has 0 aliphatic carbocycles. The van der Waals surface area contributed by atoms with Crippen molar-refractivity contribution in [3.63, 3.8) is 0 Å². The summed E-state index contributed by atoms with van der Waals surface area (Å²) in [5.74, 6) is 0.843. The van der Waals surface area contributed by atoms with Gasteiger partial charge in [-0.05, 0) is 32.2 Å². The van der Waals surface area contributed by atoms with Crippen LogP contribution in [0.4, 0.5) is 0 Å². The van der Waals surface area contributed by atoms with Crippen LogP contribution in [0, 0.1) is 0 Å². The van der Waals surface area contributed by atoms with Gasteiger partial charge in [-0.15, -0.1) is 35.3 Å². The Morgan fingerprint density at radius 2 is 2.12 bits per heavy atom. The Hall–Kier alpha value is -0.300. The maximum Gasteiger partial charge on any atom is 0.191 e. The van der Waals surface area contributed by atoms with Gasteiger partial charge >= 0.3 is 0 Å². The minimum absolute atomic E-state index is 0. The molecule has 5 heteroatoms. The van der Waals surface area contributed by atoms with Gasteiger partial charge in [-0.3, -0.25) is 4.99 Å². The molecular weight excluding hydrogens is 333 g/mol. The van der Waals surface area contributed by atoms with Gasteiger partial charge in [0.1, 0.15) is 0 Å². The van der Waals surface area contributed by atoms with Crippen molar-refractivity contribution >= 4 is 41.3 Å². The van der Waals surface area contributed by atoms with Crippen LogP contribution in [0.15, 0.2) is 22.5 Å². The summed E-state index contributed by atoms with van der Waals surface area (Å²) in [4.78, 5) is 5.48. The van der Waals surface area contributed by atoms with Crippen LogP contribution >= 0.6 is 35.3 Å². The Bertz CT molecular complexity index is 314. The smallest absolute Gasteiger partial charge is 0.191 e. The van der Waals surface area contributed by atoms with Crippen LogP contribution in [0.25, 0.3) is 0 Å². The summed E-state index contributed by atoms with van der Waals surface area (Å²) in [6, 6.07) is 4.17. The molecule has 16 heavy (non-hydrogen) atoms. The number of guanidine groups is 1. The van der Waals surface area contributed by atoms with Crippen LogP contribution in [0.5, 0.6) is 0 Å². The van der Waals surface area contributed by atoms with Crippen LogP contribution in [-0.4, -0.2) is 18.5 Å². The van der Waals surface area contributed by atoms with Gasteiger partial charge < -0.3 is 10.6 Å². The van der Waals surface area contributed by atoms with Crippen LogP contribution in [0.3, 0.4) is 0 Å². The van der Waals surface area contributed by atoms with Gasteiger partial charge in [-0.25, -0.2) is 0 Å². The molecule has 92 valence electrons. The van der Waals surface area contributed by atoms with Crippen molar-refractivity contribution in [2.24, 2.45) is 4.99 Å². The average molecular weight is 353 g/mol. The van der Waals surface area contributed by atoms with Crippen molar-refractivity contribution in [2.45, 2.75) is 32.9 Å². The molecule has 0 bridgehead atoms. The highest BCUT2D eigenvalue weighted by atomic mass is 127. The van der Waals surface area contributed by atoms with Crippen molar-refractivity contribution in [3.8, 4) is 0 Å². The number of thiophene rings is 1. The molecule has 0 aromatic carbocycles. The van der Waals surface area contributed by atoms with Gasteiger partial charge in [-0.2, -0.15) is 0 Å². The first kappa shape index (κ1) is 15.7. The zero-order valence-electron chi connectivity index (χ0n) is 10.2. The number of nitrogens with one attached hydrogen (secondary N) is 2. The second-order valence-electron chi connectivity index (χ2n) is 4.38. The molecule has 0 saturated heterocycles. The number of hydrogen-bond acceptors (Lipinski definition) is 2. The van der Waals surface area contributed by atoms with Gasteiger partial charge in [0.15, 0.2) is 5.96 Å². The summed E-state index contributed by atoms with van der Waals surface area (Å²) >= 11 is 1.75. The molecule has 0 radical (unpaired) electrons. The summed E-state index contributed by atoms with van der Waals surface area (Å²) in [6.45, 7) is 7.18. The zero-order valence-corrected chi connectivity index (χ0v) is 13.3. The summed E-state index contributed by atoms with van der Waals surface area (Å²) in [5.41, 5.74) is 0.0390. The van der Waals surface area contributed by atoms with E-state index in [-0.39, 0.29) is 29.5 Å². The van der Waals surface area contributed by atoms with Gasteiger partial charge in [0.25, 0.3) is 0 Å². The van der Waals surface area contributed by atoms with Crippen molar-refractivity contribution in [1.82, 2.24) is 10.6 Å². The third kappa shape index (κ3) is 6.32. The predicted octanol–water partition coefficient (Wildman–Crippen LogP) is 2.83. The fourth-order valence-corrected chi connectivity index (χ4v) is 1.76. The summed E-state index contributed by atoms with van der Waals surface area (Å²) in [5, 5.41) is 8.67. The lowest BCUT2D eigenvalue weighted by Gasteiger charge is -2.23. The molecule has 0 amide bonds. The second kappa shape index (κ2) is 7.11. The minimum Gasteiger partial charge on any atom is -0.352 e. The standard InChI is InChI=1S/C11H19N3S.HI/c1-11(2,3)14-10(12-4)13-8-9-6-5-7-15-9;/h5-7H,8H2,1-4H3,(H2,12,13,14);1H. The number of nitrogens with zero attached hydrogens (tertiary/aromatic N) is 1. The molecule has 0 aliphatic rings. The minimum atomic E-state index is 0. The normalized spacial score (nSPS) is 11.9. The summed E-state index contributed by atoms with van der Waals surface area (Å²) in [7, 11) is 1.79. The van der Waals surface area contributed by atoms with E-state index in [1.807, 2.05) is 0 Å². The summed E-state index contributed by atoms with van der Waals surface area (Å²) < 4.78 is 0. The van der Waals surface area contributed by atoms with Crippen molar-refractivity contribution in [3.05, 3.63) is 22.4 Å². The highest BCUT2D eigenvalue weighted by Gasteiger charge is 2.11. The molecule has 0 aliphatic heterocycles. The molecular formula is C11H20IN3S. The fraction of sp³-hybridized carbons (Fsp3) is 0.545. The third-order valence-electron chi connectivity index (χ3n) is 1.73. The van der Waals surface area contributed by atoms with E-state index in [2.05, 4.69) is 53.9 Å². The quantitative estimate of drug-likeness (QED) is 0.487. The Kier molecular flexibility index (Phi) is 6.98. The van der Waals surface area contributed by atoms with Gasteiger partial charge in [0, 0.05) is 17.5 Å². The van der Waals surface area contributed by atoms with E-state index in [0.717, 1.165) is 12.5 Å². The molecule has 0 spiro atoms. The zero-order chi connectivity index (χ0) is 11.3. The first-order valence-electron chi connectivity index (χ1n) is 5.02. The van der Waals surface area contributed by atoms with E-state index in [1.165, 1.54) is 4.88 Å². The van der Waals surface area contributed by atoms with E-state index < -0.39 is 0 Å². The highest BCUT2D eigenvalue weighted by Crippen LogP contribution is 2.07. The maximum atomic E-state index is 4.17. The Morgan fingerprint density at radius 1 is 1.44 bits per heavy atom. The molecule has 1 aromatic heterocycles. The lowest BCUT2D eigenvalue weighted by atomic mass is 10.1. The highest BCUT2D eigenvalue weighted by molar-refractivity contribution is 14.0. The largest absolute Gasteiger partial charge is 0.352 e. The number of rotatable bonds is 2. The predicted molar refractivity (Wildman–Crippen MR) is 82.8 cm³/mol. The second-order valence-corrected chi connectivity index (χ2v) is 5.41. The molecule has 3 nitrogen and oxygen atoms in total. The van der Waals surface area contributed by atoms with Crippen molar-refractivity contribution in [2.75, 3.05) is 7.05 Å². The van der Waals surface area contributed by atoms with Crippen LogP contribution in [0.2, 0.25) is 0 Å². The molecule has 1 heterocycles.